The normalized spacial score (nSPS) is 10.9. The molecule has 8 aromatic carbocycles. The zero-order chi connectivity index (χ0) is 94.6. The van der Waals surface area contributed by atoms with Crippen molar-refractivity contribution in [3.05, 3.63) is 484 Å². The molecule has 136 heavy (non-hydrogen) atoms. The molecule has 0 unspecified atom stereocenters. The van der Waals surface area contributed by atoms with Gasteiger partial charge in [-0.15, -0.1) is 18.4 Å². The quantitative estimate of drug-likeness (QED) is 0.136. The third kappa shape index (κ3) is 19.5. The van der Waals surface area contributed by atoms with Crippen LogP contribution in [0.2, 0.25) is 0 Å². The second kappa shape index (κ2) is 41.0. The van der Waals surface area contributed by atoms with E-state index in [0.29, 0.717) is 0 Å². The first-order chi connectivity index (χ1) is 66.1. The van der Waals surface area contributed by atoms with Crippen molar-refractivity contribution in [3.63, 3.8) is 0 Å². The highest BCUT2D eigenvalue weighted by Gasteiger charge is 2.23. The summed E-state index contributed by atoms with van der Waals surface area (Å²) >= 11 is 0. The highest BCUT2D eigenvalue weighted by atomic mass is 15.3. The van der Waals surface area contributed by atoms with E-state index in [0.717, 1.165) is 0 Å². The first-order valence-corrected chi connectivity index (χ1v) is 46.3. The van der Waals surface area contributed by atoms with Crippen LogP contribution in [-0.2, 0) is 56.4 Å². The molecule has 0 bridgehead atoms. The summed E-state index contributed by atoms with van der Waals surface area (Å²) in [5.74, 6) is 0. The molecule has 0 atom stereocenters. The molecule has 0 aliphatic carbocycles. The predicted octanol–water partition coefficient (Wildman–Crippen LogP) is 21.9. The van der Waals surface area contributed by atoms with Crippen LogP contribution in [0, 0.1) is 55.4 Å². The second-order valence-corrected chi connectivity index (χ2v) is 35.0. The van der Waals surface area contributed by atoms with Crippen LogP contribution in [0.5, 0.6) is 0 Å². The van der Waals surface area contributed by atoms with Gasteiger partial charge in [-0.2, -0.15) is 13.7 Å². The Bertz CT molecular complexity index is 7780. The Kier molecular flexibility index (Phi) is 27.5. The van der Waals surface area contributed by atoms with Crippen LogP contribution in [0.25, 0.3) is 134 Å². The smallest absolute Gasteiger partial charge is 0.293 e. The minimum absolute atomic E-state index is 1.20. The van der Waals surface area contributed by atoms with Crippen LogP contribution in [0.15, 0.2) is 439 Å². The molecule has 0 amide bonds. The van der Waals surface area contributed by atoms with Crippen LogP contribution in [0.4, 0.5) is 0 Å². The van der Waals surface area contributed by atoms with E-state index >= 15 is 0 Å². The van der Waals surface area contributed by atoms with Crippen LogP contribution >= 0.6 is 0 Å². The number of aryl methyl sites for hydroxylation is 16. The summed E-state index contributed by atoms with van der Waals surface area (Å²) in [5, 5.41) is 0. The minimum atomic E-state index is 1.20. The largest absolute Gasteiger partial charge is 0.312 e. The zero-order valence-corrected chi connectivity index (χ0v) is 80.7. The molecule has 0 saturated heterocycles. The molecule has 0 spiro atoms. The maximum absolute atomic E-state index is 2.22. The van der Waals surface area contributed by atoms with Crippen molar-refractivity contribution in [1.82, 2.24) is 35.4 Å². The van der Waals surface area contributed by atoms with Crippen molar-refractivity contribution < 1.29 is 36.8 Å². The SMILES string of the molecule is Cc1ccccc1-c1c2cccn2cc[n+]1C.Cc1ccccc1-c1c2cccn2cc[n+]1C.Cc1ccccc1-c1cc2cccn2c[n+]1C.Cc1ccccc1-c1ccc2cccn2[n+]1C.Cc1ccccc1-c1cccc2cc[n+](C)n12.Cc1ccccc1-c1cccn2cc[n+](C)c12.Cc1ccccc1-c1ccn2cccc2[n+]1C.Cc1ccccc1-c1cn2cccc2c[n+]1C. The van der Waals surface area contributed by atoms with Crippen LogP contribution < -0.4 is 36.8 Å². The number of fused-ring (bicyclic) bond motifs is 8. The van der Waals surface area contributed by atoms with Gasteiger partial charge in [0, 0.05) is 65.6 Å². The van der Waals surface area contributed by atoms with Gasteiger partial charge in [0.1, 0.15) is 89.9 Å². The summed E-state index contributed by atoms with van der Waals surface area (Å²) in [6.07, 6.45) is 37.7. The zero-order valence-electron chi connectivity index (χ0n) is 80.7. The Labute approximate surface area is 796 Å². The van der Waals surface area contributed by atoms with Gasteiger partial charge < -0.3 is 13.2 Å². The fraction of sp³-hybridized carbons (Fsp3) is 0.133. The molecule has 16 nitrogen and oxygen atoms in total. The van der Waals surface area contributed by atoms with Gasteiger partial charge in [-0.1, -0.05) is 176 Å². The molecule has 0 aliphatic rings. The van der Waals surface area contributed by atoms with Crippen LogP contribution in [0.1, 0.15) is 44.5 Å². The van der Waals surface area contributed by atoms with E-state index in [1.807, 2.05) is 0 Å². The lowest BCUT2D eigenvalue weighted by atomic mass is 10.0. The highest BCUT2D eigenvalue weighted by Crippen LogP contribution is 2.31. The van der Waals surface area contributed by atoms with E-state index in [1.54, 1.807) is 0 Å². The molecular formula is C120H120N16+8. The Morgan fingerprint density at radius 2 is 0.640 bits per heavy atom. The van der Waals surface area contributed by atoms with E-state index in [4.69, 9.17) is 0 Å². The molecule has 0 radical (unpaired) electrons. The van der Waals surface area contributed by atoms with E-state index in [2.05, 4.69) is 623 Å². The van der Waals surface area contributed by atoms with E-state index in [1.165, 1.54) is 179 Å². The minimum Gasteiger partial charge on any atom is -0.312 e. The number of rotatable bonds is 8. The van der Waals surface area contributed by atoms with Crippen LogP contribution in [-0.4, -0.2) is 35.4 Å². The Balaban J connectivity index is 0.000000108. The average Bonchev–Trinajstić information content (AvgIpc) is 1.68. The van der Waals surface area contributed by atoms with Gasteiger partial charge in [-0.3, -0.25) is 0 Å². The Morgan fingerprint density at radius 3 is 1.20 bits per heavy atom. The molecule has 0 saturated carbocycles. The number of hydrogen-bond donors (Lipinski definition) is 0. The van der Waals surface area contributed by atoms with Gasteiger partial charge in [0.25, 0.3) is 11.3 Å². The second-order valence-electron chi connectivity index (χ2n) is 35.0. The standard InChI is InChI=1S/8C15H15N2/c1-12-6-3-4-8-14(12)15-10-9-13-7-5-11-17(13)16(15)2;1-12-6-3-4-8-14(12)15-11-17-9-5-7-13(17)10-16(15)2;1-12-6-3-4-8-14(12)15-10-13-7-5-9-17(13)11-16(15)2;1-12-6-3-4-8-14(12)15-9-5-7-13-10-11-16(2)17(13)15;1-12-6-3-4-7-13(12)14-9-11-17-10-5-8-15(17)16(14)2;2*1-12-6-3-4-7-13(12)15-14-8-5-9-17(14)11-10-16(15)2;1-12-6-3-4-7-13(12)14-8-5-9-17-11-10-16(2)15(14)17/h8*3-11H,1-2H3/q8*+1. The maximum atomic E-state index is 2.22. The molecule has 0 N–H and O–H groups in total. The molecule has 0 aliphatic heterocycles. The maximum Gasteiger partial charge on any atom is 0.293 e. The number of nitrogens with zero attached hydrogens (tertiary/aromatic N) is 16. The van der Waals surface area contributed by atoms with E-state index in [9.17, 15) is 0 Å². The average molecular weight is 1790 g/mol. The number of hydrogen-bond acceptors (Lipinski definition) is 0. The van der Waals surface area contributed by atoms with E-state index in [-0.39, 0.29) is 0 Å². The molecule has 24 aromatic rings. The summed E-state index contributed by atoms with van der Waals surface area (Å²) < 4.78 is 34.6. The summed E-state index contributed by atoms with van der Waals surface area (Å²) in [6.45, 7) is 17.2. The fourth-order valence-corrected chi connectivity index (χ4v) is 18.4. The highest BCUT2D eigenvalue weighted by molar-refractivity contribution is 5.80. The summed E-state index contributed by atoms with van der Waals surface area (Å²) in [7, 11) is 16.7. The molecule has 24 rings (SSSR count). The van der Waals surface area contributed by atoms with Crippen molar-refractivity contribution in [2.75, 3.05) is 0 Å². The number of pyridine rings is 2. The number of imidazole rings is 1. The van der Waals surface area contributed by atoms with Crippen molar-refractivity contribution in [3.8, 4) is 89.9 Å². The third-order valence-electron chi connectivity index (χ3n) is 25.8. The van der Waals surface area contributed by atoms with Gasteiger partial charge in [0.2, 0.25) is 29.1 Å². The third-order valence-corrected chi connectivity index (χ3v) is 25.8. The molecule has 16 heterocycles. The first-order valence-electron chi connectivity index (χ1n) is 46.3. The van der Waals surface area contributed by atoms with E-state index < -0.39 is 0 Å². The lowest BCUT2D eigenvalue weighted by Gasteiger charge is -2.07. The van der Waals surface area contributed by atoms with Gasteiger partial charge in [-0.25, -0.2) is 26.9 Å². The Hall–Kier alpha value is -16.7. The monoisotopic (exact) mass is 1780 g/mol. The molecule has 16 aromatic heterocycles. The summed E-state index contributed by atoms with van der Waals surface area (Å²) in [4.78, 5) is 0. The lowest BCUT2D eigenvalue weighted by molar-refractivity contribution is -0.736. The lowest BCUT2D eigenvalue weighted by Crippen LogP contribution is -2.39. The van der Waals surface area contributed by atoms with Gasteiger partial charge >= 0.3 is 0 Å². The van der Waals surface area contributed by atoms with Crippen molar-refractivity contribution >= 4 is 44.4 Å². The summed E-state index contributed by atoms with van der Waals surface area (Å²) in [5.41, 5.74) is 40.5. The topological polar surface area (TPSA) is 66.3 Å². The van der Waals surface area contributed by atoms with Gasteiger partial charge in [0.05, 0.1) is 92.3 Å². The summed E-state index contributed by atoms with van der Waals surface area (Å²) in [6, 6.07) is 115. The van der Waals surface area contributed by atoms with Crippen molar-refractivity contribution in [1.29, 1.82) is 0 Å². The Morgan fingerprint density at radius 1 is 0.228 bits per heavy atom. The fourth-order valence-electron chi connectivity index (χ4n) is 18.4. The number of benzene rings is 8. The molecule has 0 fully saturated rings. The first kappa shape index (κ1) is 91.2. The van der Waals surface area contributed by atoms with Crippen molar-refractivity contribution in [2.24, 2.45) is 56.4 Å². The van der Waals surface area contributed by atoms with Gasteiger partial charge in [-0.05, 0) is 227 Å². The predicted molar refractivity (Wildman–Crippen MR) is 550 cm³/mol. The van der Waals surface area contributed by atoms with Crippen molar-refractivity contribution in [2.45, 2.75) is 55.4 Å². The molecule has 672 valence electrons. The van der Waals surface area contributed by atoms with Gasteiger partial charge in [0.15, 0.2) is 38.9 Å². The number of aromatic nitrogens is 16. The van der Waals surface area contributed by atoms with Crippen LogP contribution in [0.3, 0.4) is 0 Å². The molecular weight excluding hydrogens is 1670 g/mol. The molecule has 16 heteroatoms.